The Morgan fingerprint density at radius 2 is 1.79 bits per heavy atom. The van der Waals surface area contributed by atoms with Crippen molar-refractivity contribution in [1.29, 1.82) is 0 Å². The number of nitrogens with zero attached hydrogens (tertiary/aromatic N) is 2. The van der Waals surface area contributed by atoms with Gasteiger partial charge < -0.3 is 0 Å². The van der Waals surface area contributed by atoms with E-state index in [2.05, 4.69) is 15.4 Å². The first kappa shape index (κ1) is 24.8. The standard InChI is InChI=1S/C24H29N5O5/c1-15(2)14-19(17(22(31)28-34)11-6-10-16-8-4-3-5-9-16)21(30)27-29-23(32)18-12-7-13-25-20(18)26-24(29)33/h3-5,7-9,12-13,15,17,19,34H,6,10-11,14H2,1-2H3,(H,27,30)(H,28,31)(H,25,26,33)/t17-,19?/m1/s1. The van der Waals surface area contributed by atoms with Gasteiger partial charge in [-0.3, -0.25) is 30.0 Å². The summed E-state index contributed by atoms with van der Waals surface area (Å²) >= 11 is 0. The lowest BCUT2D eigenvalue weighted by Gasteiger charge is -2.26. The second-order valence-electron chi connectivity index (χ2n) is 8.64. The molecule has 3 aromatic rings. The largest absolute Gasteiger partial charge is 0.349 e. The van der Waals surface area contributed by atoms with Crippen LogP contribution in [0.1, 0.15) is 38.7 Å². The van der Waals surface area contributed by atoms with Crippen LogP contribution in [0.25, 0.3) is 11.0 Å². The smallest absolute Gasteiger partial charge is 0.290 e. The molecular formula is C24H29N5O5. The number of aromatic nitrogens is 3. The lowest BCUT2D eigenvalue weighted by molar-refractivity contribution is -0.139. The number of H-pyrrole nitrogens is 1. The predicted molar refractivity (Wildman–Crippen MR) is 127 cm³/mol. The molecule has 1 unspecified atom stereocenters. The number of benzene rings is 1. The quantitative estimate of drug-likeness (QED) is 0.265. The molecule has 0 saturated carbocycles. The number of hydrogen-bond donors (Lipinski definition) is 4. The average Bonchev–Trinajstić information content (AvgIpc) is 2.83. The molecule has 0 radical (unpaired) electrons. The van der Waals surface area contributed by atoms with E-state index in [1.807, 2.05) is 44.2 Å². The lowest BCUT2D eigenvalue weighted by atomic mass is 9.81. The fourth-order valence-corrected chi connectivity index (χ4v) is 4.07. The van der Waals surface area contributed by atoms with Crippen molar-refractivity contribution in [3.8, 4) is 0 Å². The maximum atomic E-state index is 13.3. The highest BCUT2D eigenvalue weighted by atomic mass is 16.5. The summed E-state index contributed by atoms with van der Waals surface area (Å²) < 4.78 is 0.595. The van der Waals surface area contributed by atoms with Crippen molar-refractivity contribution in [3.05, 3.63) is 75.1 Å². The van der Waals surface area contributed by atoms with Gasteiger partial charge in [0.25, 0.3) is 5.56 Å². The number of hydroxylamine groups is 1. The van der Waals surface area contributed by atoms with Crippen LogP contribution in [-0.2, 0) is 16.0 Å². The third-order valence-electron chi connectivity index (χ3n) is 5.71. The summed E-state index contributed by atoms with van der Waals surface area (Å²) in [7, 11) is 0. The molecule has 34 heavy (non-hydrogen) atoms. The van der Waals surface area contributed by atoms with Crippen LogP contribution in [0.4, 0.5) is 0 Å². The van der Waals surface area contributed by atoms with Crippen molar-refractivity contribution >= 4 is 22.8 Å². The summed E-state index contributed by atoms with van der Waals surface area (Å²) in [4.78, 5) is 57.5. The van der Waals surface area contributed by atoms with Gasteiger partial charge in [0.15, 0.2) is 0 Å². The lowest BCUT2D eigenvalue weighted by Crippen LogP contribution is -2.48. The molecule has 0 spiro atoms. The molecule has 3 rings (SSSR count). The topological polar surface area (TPSA) is 146 Å². The maximum absolute atomic E-state index is 13.3. The van der Waals surface area contributed by atoms with E-state index in [4.69, 9.17) is 0 Å². The van der Waals surface area contributed by atoms with Crippen LogP contribution in [0.15, 0.2) is 58.3 Å². The molecular weight excluding hydrogens is 438 g/mol. The summed E-state index contributed by atoms with van der Waals surface area (Å²) in [5, 5.41) is 9.47. The Kier molecular flexibility index (Phi) is 8.31. The fourth-order valence-electron chi connectivity index (χ4n) is 4.07. The fraction of sp³-hybridized carbons (Fsp3) is 0.375. The number of hydrogen-bond acceptors (Lipinski definition) is 6. The van der Waals surface area contributed by atoms with Crippen LogP contribution >= 0.6 is 0 Å². The van der Waals surface area contributed by atoms with Crippen LogP contribution < -0.4 is 22.2 Å². The van der Waals surface area contributed by atoms with Crippen LogP contribution in [-0.4, -0.2) is 31.7 Å². The second kappa shape index (κ2) is 11.4. The van der Waals surface area contributed by atoms with Gasteiger partial charge in [0.2, 0.25) is 11.8 Å². The molecule has 0 saturated heterocycles. The molecule has 2 aromatic heterocycles. The summed E-state index contributed by atoms with van der Waals surface area (Å²) in [6, 6.07) is 12.8. The number of carbonyl (C=O) groups is 2. The number of amides is 2. The van der Waals surface area contributed by atoms with Crippen LogP contribution in [0.3, 0.4) is 0 Å². The van der Waals surface area contributed by atoms with Gasteiger partial charge in [-0.15, -0.1) is 0 Å². The number of fused-ring (bicyclic) bond motifs is 1. The van der Waals surface area contributed by atoms with E-state index in [1.165, 1.54) is 12.3 Å². The summed E-state index contributed by atoms with van der Waals surface area (Å²) in [5.41, 5.74) is 3.68. The Morgan fingerprint density at radius 1 is 1.06 bits per heavy atom. The average molecular weight is 468 g/mol. The first-order chi connectivity index (χ1) is 16.3. The van der Waals surface area contributed by atoms with Crippen LogP contribution in [0.2, 0.25) is 0 Å². The molecule has 2 amide bonds. The van der Waals surface area contributed by atoms with E-state index in [9.17, 15) is 24.4 Å². The predicted octanol–water partition coefficient (Wildman–Crippen LogP) is 1.96. The number of nitrogens with one attached hydrogen (secondary N) is 3. The van der Waals surface area contributed by atoms with E-state index < -0.39 is 34.9 Å². The molecule has 1 aromatic carbocycles. The molecule has 4 N–H and O–H groups in total. The third kappa shape index (κ3) is 5.96. The van der Waals surface area contributed by atoms with Gasteiger partial charge in [-0.1, -0.05) is 44.2 Å². The molecule has 0 bridgehead atoms. The van der Waals surface area contributed by atoms with Crippen LogP contribution in [0, 0.1) is 17.8 Å². The van der Waals surface area contributed by atoms with Crippen molar-refractivity contribution < 1.29 is 14.8 Å². The normalized spacial score (nSPS) is 12.9. The minimum atomic E-state index is -0.876. The summed E-state index contributed by atoms with van der Waals surface area (Å²) in [6.07, 6.45) is 3.39. The molecule has 2 heterocycles. The first-order valence-electron chi connectivity index (χ1n) is 11.2. The molecule has 0 fully saturated rings. The number of aromatic amines is 1. The molecule has 10 nitrogen and oxygen atoms in total. The minimum Gasteiger partial charge on any atom is -0.290 e. The van der Waals surface area contributed by atoms with Gasteiger partial charge in [-0.25, -0.2) is 15.3 Å². The molecule has 0 aliphatic rings. The van der Waals surface area contributed by atoms with Crippen molar-refractivity contribution in [2.45, 2.75) is 39.5 Å². The zero-order valence-electron chi connectivity index (χ0n) is 19.2. The number of carbonyl (C=O) groups excluding carboxylic acids is 2. The van der Waals surface area contributed by atoms with Crippen molar-refractivity contribution in [2.75, 3.05) is 5.43 Å². The Labute approximate surface area is 196 Å². The maximum Gasteiger partial charge on any atom is 0.349 e. The minimum absolute atomic E-state index is 0.0367. The van der Waals surface area contributed by atoms with Crippen molar-refractivity contribution in [2.24, 2.45) is 17.8 Å². The van der Waals surface area contributed by atoms with E-state index in [0.29, 0.717) is 30.4 Å². The SMILES string of the molecule is CC(C)CC(C(=O)Nn1c(=O)[nH]c2ncccc2c1=O)[C@@H](CCCc1ccccc1)C(=O)NO. The number of rotatable bonds is 10. The number of pyridine rings is 1. The highest BCUT2D eigenvalue weighted by Gasteiger charge is 2.34. The Balaban J connectivity index is 1.86. The van der Waals surface area contributed by atoms with E-state index in [-0.39, 0.29) is 17.0 Å². The highest BCUT2D eigenvalue weighted by molar-refractivity contribution is 5.91. The van der Waals surface area contributed by atoms with Crippen LogP contribution in [0.5, 0.6) is 0 Å². The van der Waals surface area contributed by atoms with Gasteiger partial charge in [0, 0.05) is 6.20 Å². The van der Waals surface area contributed by atoms with Gasteiger partial charge in [0.05, 0.1) is 17.2 Å². The highest BCUT2D eigenvalue weighted by Crippen LogP contribution is 2.26. The van der Waals surface area contributed by atoms with Gasteiger partial charge >= 0.3 is 5.69 Å². The zero-order chi connectivity index (χ0) is 24.7. The molecule has 0 aliphatic heterocycles. The van der Waals surface area contributed by atoms with Crippen molar-refractivity contribution in [1.82, 2.24) is 20.1 Å². The zero-order valence-corrected chi connectivity index (χ0v) is 19.2. The Hall–Kier alpha value is -3.79. The van der Waals surface area contributed by atoms with E-state index >= 15 is 0 Å². The van der Waals surface area contributed by atoms with Gasteiger partial charge in [-0.05, 0) is 49.3 Å². The monoisotopic (exact) mass is 467 g/mol. The summed E-state index contributed by atoms with van der Waals surface area (Å²) in [5.74, 6) is -3.03. The number of aryl methyl sites for hydroxylation is 1. The van der Waals surface area contributed by atoms with E-state index in [0.717, 1.165) is 5.56 Å². The van der Waals surface area contributed by atoms with Gasteiger partial charge in [0.1, 0.15) is 5.65 Å². The van der Waals surface area contributed by atoms with Crippen molar-refractivity contribution in [3.63, 3.8) is 0 Å². The summed E-state index contributed by atoms with van der Waals surface area (Å²) in [6.45, 7) is 3.80. The molecule has 0 aliphatic carbocycles. The second-order valence-corrected chi connectivity index (χ2v) is 8.64. The first-order valence-corrected chi connectivity index (χ1v) is 11.2. The van der Waals surface area contributed by atoms with Gasteiger partial charge in [-0.2, -0.15) is 4.68 Å². The Bertz CT molecular complexity index is 1250. The molecule has 180 valence electrons. The third-order valence-corrected chi connectivity index (χ3v) is 5.71. The van der Waals surface area contributed by atoms with E-state index in [1.54, 1.807) is 11.5 Å². The molecule has 2 atom stereocenters. The Morgan fingerprint density at radius 3 is 2.47 bits per heavy atom. The molecule has 10 heteroatoms.